The van der Waals surface area contributed by atoms with E-state index in [2.05, 4.69) is 15.9 Å². The van der Waals surface area contributed by atoms with Gasteiger partial charge in [0.15, 0.2) is 11.5 Å². The van der Waals surface area contributed by atoms with Gasteiger partial charge in [-0.1, -0.05) is 15.9 Å². The molecule has 2 rings (SSSR count). The number of aromatic hydroxyl groups is 4. The second-order valence-corrected chi connectivity index (χ2v) is 4.93. The second-order valence-electron chi connectivity index (χ2n) is 4.02. The van der Waals surface area contributed by atoms with Crippen LogP contribution in [0.1, 0.15) is 15.9 Å². The van der Waals surface area contributed by atoms with Gasteiger partial charge in [-0.2, -0.15) is 0 Å². The third-order valence-corrected chi connectivity index (χ3v) is 3.29. The first-order valence-electron chi connectivity index (χ1n) is 5.40. The van der Waals surface area contributed by atoms with Crippen molar-refractivity contribution in [2.45, 2.75) is 0 Å². The van der Waals surface area contributed by atoms with Crippen molar-refractivity contribution in [2.75, 3.05) is 0 Å². The lowest BCUT2D eigenvalue weighted by atomic mass is 9.88. The topological polar surface area (TPSA) is 98.0 Å². The maximum absolute atomic E-state index is 12.2. The van der Waals surface area contributed by atoms with Gasteiger partial charge in [-0.05, 0) is 29.7 Å². The van der Waals surface area contributed by atoms with Crippen molar-refractivity contribution in [1.29, 1.82) is 0 Å². The third kappa shape index (κ3) is 2.20. The van der Waals surface area contributed by atoms with Crippen LogP contribution < -0.4 is 5.46 Å². The maximum atomic E-state index is 12.2. The molecule has 0 saturated heterocycles. The fourth-order valence-electron chi connectivity index (χ4n) is 1.68. The van der Waals surface area contributed by atoms with Crippen LogP contribution in [0.25, 0.3) is 0 Å². The summed E-state index contributed by atoms with van der Waals surface area (Å²) in [4.78, 5) is 12.2. The lowest BCUT2D eigenvalue weighted by Crippen LogP contribution is -2.11. The van der Waals surface area contributed by atoms with Gasteiger partial charge in [0.25, 0.3) is 0 Å². The van der Waals surface area contributed by atoms with Crippen molar-refractivity contribution in [3.8, 4) is 23.0 Å². The first-order chi connectivity index (χ1) is 9.34. The van der Waals surface area contributed by atoms with Crippen molar-refractivity contribution >= 4 is 35.0 Å². The van der Waals surface area contributed by atoms with Crippen molar-refractivity contribution in [2.24, 2.45) is 0 Å². The molecular formula is C13H8BBrO5. The molecule has 0 aliphatic heterocycles. The molecular weight excluding hydrogens is 327 g/mol. The van der Waals surface area contributed by atoms with Gasteiger partial charge >= 0.3 is 0 Å². The monoisotopic (exact) mass is 334 g/mol. The molecule has 2 radical (unpaired) electrons. The van der Waals surface area contributed by atoms with Crippen LogP contribution in [0.5, 0.6) is 23.0 Å². The van der Waals surface area contributed by atoms with E-state index in [1.165, 1.54) is 12.1 Å². The molecule has 0 spiro atoms. The molecule has 0 saturated carbocycles. The Morgan fingerprint density at radius 2 is 1.45 bits per heavy atom. The van der Waals surface area contributed by atoms with Gasteiger partial charge in [-0.15, -0.1) is 0 Å². The van der Waals surface area contributed by atoms with Gasteiger partial charge in [-0.25, -0.2) is 0 Å². The van der Waals surface area contributed by atoms with E-state index >= 15 is 0 Å². The number of hydrogen-bond acceptors (Lipinski definition) is 5. The summed E-state index contributed by atoms with van der Waals surface area (Å²) >= 11 is 3.21. The largest absolute Gasteiger partial charge is 0.508 e. The van der Waals surface area contributed by atoms with E-state index in [9.17, 15) is 25.2 Å². The fraction of sp³-hybridized carbons (Fsp3) is 0. The van der Waals surface area contributed by atoms with Crippen molar-refractivity contribution in [3.63, 3.8) is 0 Å². The molecule has 5 nitrogen and oxygen atoms in total. The fourth-order valence-corrected chi connectivity index (χ4v) is 1.94. The van der Waals surface area contributed by atoms with E-state index in [1.807, 2.05) is 0 Å². The van der Waals surface area contributed by atoms with E-state index in [-0.39, 0.29) is 5.56 Å². The van der Waals surface area contributed by atoms with Crippen LogP contribution >= 0.6 is 15.9 Å². The van der Waals surface area contributed by atoms with E-state index < -0.39 is 39.8 Å². The minimum absolute atomic E-state index is 0.170. The molecule has 4 N–H and O–H groups in total. The standard InChI is InChI=1S/C13H8BBrO5/c14-8-10(17)7(11(18)13(20)12(8)19)9(16)5-1-3-6(15)4-2-5/h1-4,17-20H. The summed E-state index contributed by atoms with van der Waals surface area (Å²) in [5.41, 5.74) is -0.982. The summed E-state index contributed by atoms with van der Waals surface area (Å²) in [5.74, 6) is -4.30. The highest BCUT2D eigenvalue weighted by atomic mass is 79.9. The van der Waals surface area contributed by atoms with E-state index in [0.717, 1.165) is 4.47 Å². The van der Waals surface area contributed by atoms with Crippen LogP contribution in [-0.2, 0) is 0 Å². The Labute approximate surface area is 123 Å². The van der Waals surface area contributed by atoms with E-state index in [0.29, 0.717) is 0 Å². The predicted octanol–water partition coefficient (Wildman–Crippen LogP) is 1.30. The molecule has 0 atom stereocenters. The number of carbonyl (C=O) groups is 1. The Balaban J connectivity index is 2.64. The predicted molar refractivity (Wildman–Crippen MR) is 76.1 cm³/mol. The normalized spacial score (nSPS) is 10.4. The molecule has 0 aromatic heterocycles. The van der Waals surface area contributed by atoms with Crippen molar-refractivity contribution < 1.29 is 25.2 Å². The number of benzene rings is 2. The smallest absolute Gasteiger partial charge is 0.200 e. The van der Waals surface area contributed by atoms with Gasteiger partial charge in [0.1, 0.15) is 19.2 Å². The molecule has 2 aromatic carbocycles. The summed E-state index contributed by atoms with van der Waals surface area (Å²) in [7, 11) is 5.36. The Morgan fingerprint density at radius 1 is 0.900 bits per heavy atom. The maximum Gasteiger partial charge on any atom is 0.200 e. The SMILES string of the molecule is [B]c1c(O)c(O)c(O)c(C(=O)c2ccc(Br)cc2)c1O. The molecule has 0 unspecified atom stereocenters. The first-order valence-corrected chi connectivity index (χ1v) is 6.19. The highest BCUT2D eigenvalue weighted by molar-refractivity contribution is 9.10. The molecule has 0 bridgehead atoms. The van der Waals surface area contributed by atoms with Crippen molar-refractivity contribution in [3.05, 3.63) is 39.9 Å². The highest BCUT2D eigenvalue weighted by Gasteiger charge is 2.26. The van der Waals surface area contributed by atoms with Gasteiger partial charge in [-0.3, -0.25) is 4.79 Å². The Bertz CT molecular complexity index is 668. The number of hydrogen-bond donors (Lipinski definition) is 4. The van der Waals surface area contributed by atoms with Crippen LogP contribution in [-0.4, -0.2) is 34.1 Å². The molecule has 0 heterocycles. The summed E-state index contributed by atoms with van der Waals surface area (Å²) in [5, 5.41) is 38.3. The van der Waals surface area contributed by atoms with Crippen LogP contribution in [0.4, 0.5) is 0 Å². The first kappa shape index (κ1) is 14.3. The molecule has 2 aromatic rings. The minimum atomic E-state index is -0.958. The minimum Gasteiger partial charge on any atom is -0.508 e. The van der Waals surface area contributed by atoms with Gasteiger partial charge in [0.2, 0.25) is 11.5 Å². The number of phenolic OH excluding ortho intramolecular Hbond substituents is 4. The van der Waals surface area contributed by atoms with Crippen LogP contribution in [0, 0.1) is 0 Å². The zero-order valence-corrected chi connectivity index (χ0v) is 11.5. The van der Waals surface area contributed by atoms with Crippen molar-refractivity contribution in [1.82, 2.24) is 0 Å². The zero-order chi connectivity index (χ0) is 15.0. The lowest BCUT2D eigenvalue weighted by molar-refractivity contribution is 0.103. The Hall–Kier alpha value is -2.15. The van der Waals surface area contributed by atoms with E-state index in [4.69, 9.17) is 7.85 Å². The number of ketones is 1. The molecule has 7 heteroatoms. The van der Waals surface area contributed by atoms with Crippen LogP contribution in [0.15, 0.2) is 28.7 Å². The summed E-state index contributed by atoms with van der Waals surface area (Å²) in [6.07, 6.45) is 0. The Kier molecular flexibility index (Phi) is 3.63. The lowest BCUT2D eigenvalue weighted by Gasteiger charge is -2.13. The molecule has 0 aliphatic rings. The molecule has 0 fully saturated rings. The van der Waals surface area contributed by atoms with Gasteiger partial charge < -0.3 is 20.4 Å². The summed E-state index contributed by atoms with van der Waals surface area (Å²) in [6, 6.07) is 6.13. The number of phenols is 4. The van der Waals surface area contributed by atoms with Crippen LogP contribution in [0.3, 0.4) is 0 Å². The molecule has 100 valence electrons. The number of halogens is 1. The molecule has 0 aliphatic carbocycles. The van der Waals surface area contributed by atoms with Gasteiger partial charge in [0.05, 0.1) is 0 Å². The third-order valence-electron chi connectivity index (χ3n) is 2.77. The molecule has 20 heavy (non-hydrogen) atoms. The zero-order valence-electron chi connectivity index (χ0n) is 9.96. The summed E-state index contributed by atoms with van der Waals surface area (Å²) in [6.45, 7) is 0. The number of rotatable bonds is 2. The van der Waals surface area contributed by atoms with E-state index in [1.54, 1.807) is 12.1 Å². The number of carbonyl (C=O) groups excluding carboxylic acids is 1. The van der Waals surface area contributed by atoms with Crippen LogP contribution in [0.2, 0.25) is 0 Å². The van der Waals surface area contributed by atoms with Gasteiger partial charge in [0, 0.05) is 10.0 Å². The average molecular weight is 335 g/mol. The second kappa shape index (κ2) is 5.09. The quantitative estimate of drug-likeness (QED) is 0.287. The summed E-state index contributed by atoms with van der Waals surface area (Å²) < 4.78 is 0.746. The highest BCUT2D eigenvalue weighted by Crippen LogP contribution is 2.41. The Morgan fingerprint density at radius 3 is 2.00 bits per heavy atom. The molecule has 0 amide bonds. The average Bonchev–Trinajstić information content (AvgIpc) is 2.44.